The van der Waals surface area contributed by atoms with Gasteiger partial charge in [0.1, 0.15) is 28.8 Å². The number of rotatable bonds is 6. The largest absolute Gasteiger partial charge is 0.403 e. The lowest BCUT2D eigenvalue weighted by atomic mass is 9.89. The molecule has 0 radical (unpaired) electrons. The predicted octanol–water partition coefficient (Wildman–Crippen LogP) is 4.58. The number of nitrogens with zero attached hydrogens (tertiary/aromatic N) is 3. The molecule has 1 aliphatic heterocycles. The van der Waals surface area contributed by atoms with Crippen molar-refractivity contribution in [2.75, 3.05) is 5.32 Å². The van der Waals surface area contributed by atoms with Gasteiger partial charge in [0.25, 0.3) is 0 Å². The maximum absolute atomic E-state index is 14.5. The van der Waals surface area contributed by atoms with Gasteiger partial charge in [-0.2, -0.15) is 0 Å². The van der Waals surface area contributed by atoms with Crippen LogP contribution >= 0.6 is 0 Å². The molecule has 2 atom stereocenters. The fourth-order valence-electron chi connectivity index (χ4n) is 5.30. The predicted molar refractivity (Wildman–Crippen MR) is 136 cm³/mol. The van der Waals surface area contributed by atoms with Gasteiger partial charge in [-0.15, -0.1) is 0 Å². The summed E-state index contributed by atoms with van der Waals surface area (Å²) in [5.41, 5.74) is 5.18. The summed E-state index contributed by atoms with van der Waals surface area (Å²) in [4.78, 5) is 11.2. The number of halogens is 2. The first kappa shape index (κ1) is 25.2. The highest BCUT2D eigenvalue weighted by Gasteiger charge is 2.42. The first-order valence-electron chi connectivity index (χ1n) is 12.4. The molecule has 2 saturated carbocycles. The van der Waals surface area contributed by atoms with E-state index in [0.717, 1.165) is 25.7 Å². The molecule has 4 rings (SSSR count). The Morgan fingerprint density at radius 2 is 1.89 bits per heavy atom. The smallest absolute Gasteiger partial charge is 0.210 e. The van der Waals surface area contributed by atoms with Crippen molar-refractivity contribution < 1.29 is 13.9 Å². The van der Waals surface area contributed by atoms with Crippen molar-refractivity contribution >= 4 is 17.5 Å². The lowest BCUT2D eigenvalue weighted by Gasteiger charge is -2.31. The molecule has 2 fully saturated rings. The number of nitrogens with two attached hydrogens (primary N) is 1. The third-order valence-corrected chi connectivity index (χ3v) is 7.26. The second-order valence-corrected chi connectivity index (χ2v) is 10.3. The Morgan fingerprint density at radius 1 is 1.20 bits per heavy atom. The number of para-hydroxylation sites is 1. The van der Waals surface area contributed by atoms with Gasteiger partial charge in [-0.25, -0.2) is 18.8 Å². The quantitative estimate of drug-likeness (QED) is 0.472. The average Bonchev–Trinajstić information content (AvgIpc) is 3.42. The van der Waals surface area contributed by atoms with Crippen LogP contribution in [0.15, 0.2) is 52.5 Å². The molecular formula is C26H36F2N6O. The first-order chi connectivity index (χ1) is 16.7. The minimum atomic E-state index is -0.840. The normalized spacial score (nSPS) is 25.9. The van der Waals surface area contributed by atoms with Crippen LogP contribution in [0.25, 0.3) is 0 Å². The summed E-state index contributed by atoms with van der Waals surface area (Å²) in [7, 11) is 0. The topological polar surface area (TPSA) is 98.3 Å². The molecule has 1 heterocycles. The van der Waals surface area contributed by atoms with Gasteiger partial charge in [0.15, 0.2) is 5.84 Å². The highest BCUT2D eigenvalue weighted by atomic mass is 19.1. The van der Waals surface area contributed by atoms with E-state index in [4.69, 9.17) is 10.7 Å². The van der Waals surface area contributed by atoms with E-state index in [0.29, 0.717) is 29.8 Å². The number of benzene rings is 1. The van der Waals surface area contributed by atoms with Crippen LogP contribution in [-0.4, -0.2) is 39.5 Å². The van der Waals surface area contributed by atoms with E-state index < -0.39 is 17.2 Å². The van der Waals surface area contributed by atoms with Crippen LogP contribution in [0, 0.1) is 17.6 Å². The van der Waals surface area contributed by atoms with Crippen molar-refractivity contribution in [2.24, 2.45) is 21.6 Å². The van der Waals surface area contributed by atoms with Crippen LogP contribution in [0.3, 0.4) is 0 Å². The number of hydrogen-bond donors (Lipinski definition) is 4. The van der Waals surface area contributed by atoms with Gasteiger partial charge in [-0.3, -0.25) is 4.90 Å². The van der Waals surface area contributed by atoms with Crippen LogP contribution in [-0.2, 0) is 0 Å². The third kappa shape index (κ3) is 5.66. The van der Waals surface area contributed by atoms with Crippen molar-refractivity contribution in [3.63, 3.8) is 0 Å². The van der Waals surface area contributed by atoms with Crippen molar-refractivity contribution in [2.45, 2.75) is 82.9 Å². The number of guanidine groups is 1. The minimum absolute atomic E-state index is 0.0645. The molecule has 5 N–H and O–H groups in total. The van der Waals surface area contributed by atoms with E-state index in [9.17, 15) is 13.9 Å². The third-order valence-electron chi connectivity index (χ3n) is 7.26. The van der Waals surface area contributed by atoms with E-state index in [1.54, 1.807) is 0 Å². The van der Waals surface area contributed by atoms with Gasteiger partial charge < -0.3 is 21.5 Å². The molecule has 9 heteroatoms. The molecule has 1 aromatic rings. The molecule has 2 aliphatic carbocycles. The van der Waals surface area contributed by atoms with Crippen LogP contribution in [0.1, 0.15) is 65.2 Å². The zero-order valence-corrected chi connectivity index (χ0v) is 20.5. The number of hydrogen-bond acceptors (Lipinski definition) is 6. The second-order valence-electron chi connectivity index (χ2n) is 10.3. The molecule has 35 heavy (non-hydrogen) atoms. The fraction of sp³-hybridized carbons (Fsp3) is 0.538. The Bertz CT molecular complexity index is 1020. The summed E-state index contributed by atoms with van der Waals surface area (Å²) in [5.74, 6) is -0.157. The maximum atomic E-state index is 14.5. The minimum Gasteiger partial charge on any atom is -0.403 e. The van der Waals surface area contributed by atoms with Gasteiger partial charge in [0, 0.05) is 18.3 Å². The molecule has 0 aromatic heterocycles. The van der Waals surface area contributed by atoms with Crippen molar-refractivity contribution in [1.82, 2.24) is 10.2 Å². The summed E-state index contributed by atoms with van der Waals surface area (Å²) in [6.45, 7) is 7.72. The molecule has 0 spiro atoms. The summed E-state index contributed by atoms with van der Waals surface area (Å²) in [5, 5.41) is 16.8. The SMILES string of the molecule is C=C(/N=C1\C(=C/N)N=C(Nc2c(F)cccc2F)N1C1CC[C@@H](C(C)(C)O)C1)NC1CCCCC1. The molecular weight excluding hydrogens is 450 g/mol. The average molecular weight is 487 g/mol. The molecule has 190 valence electrons. The Kier molecular flexibility index (Phi) is 7.44. The lowest BCUT2D eigenvalue weighted by Crippen LogP contribution is -2.44. The highest BCUT2D eigenvalue weighted by molar-refractivity contribution is 6.18. The van der Waals surface area contributed by atoms with Crippen LogP contribution in [0.4, 0.5) is 14.5 Å². The van der Waals surface area contributed by atoms with Crippen LogP contribution < -0.4 is 16.4 Å². The van der Waals surface area contributed by atoms with Gasteiger partial charge >= 0.3 is 0 Å². The van der Waals surface area contributed by atoms with Crippen molar-refractivity contribution in [1.29, 1.82) is 0 Å². The number of amidine groups is 1. The van der Waals surface area contributed by atoms with Crippen LogP contribution in [0.2, 0.25) is 0 Å². The molecule has 7 nitrogen and oxygen atoms in total. The van der Waals surface area contributed by atoms with E-state index in [2.05, 4.69) is 22.2 Å². The van der Waals surface area contributed by atoms with Crippen LogP contribution in [0.5, 0.6) is 0 Å². The lowest BCUT2D eigenvalue weighted by molar-refractivity contribution is 0.0185. The molecule has 1 unspecified atom stereocenters. The van der Waals surface area contributed by atoms with Gasteiger partial charge in [-0.05, 0) is 64.0 Å². The Balaban J connectivity index is 1.65. The summed E-state index contributed by atoms with van der Waals surface area (Å²) < 4.78 is 28.9. The van der Waals surface area contributed by atoms with Crippen molar-refractivity contribution in [3.8, 4) is 0 Å². The fourth-order valence-corrected chi connectivity index (χ4v) is 5.30. The van der Waals surface area contributed by atoms with E-state index in [1.807, 2.05) is 18.7 Å². The second kappa shape index (κ2) is 10.4. The number of aliphatic imine (C=N–C) groups is 2. The Morgan fingerprint density at radius 3 is 2.49 bits per heavy atom. The summed E-state index contributed by atoms with van der Waals surface area (Å²) >= 11 is 0. The zero-order valence-electron chi connectivity index (χ0n) is 20.5. The number of nitrogens with one attached hydrogen (secondary N) is 2. The Labute approximate surface area is 205 Å². The van der Waals surface area contributed by atoms with Gasteiger partial charge in [0.05, 0.1) is 5.60 Å². The molecule has 0 bridgehead atoms. The zero-order chi connectivity index (χ0) is 25.2. The summed E-state index contributed by atoms with van der Waals surface area (Å²) in [6.07, 6.45) is 9.31. The summed E-state index contributed by atoms with van der Waals surface area (Å²) in [6, 6.07) is 3.92. The monoisotopic (exact) mass is 486 g/mol. The molecule has 3 aliphatic rings. The first-order valence-corrected chi connectivity index (χ1v) is 12.4. The maximum Gasteiger partial charge on any atom is 0.210 e. The van der Waals surface area contributed by atoms with E-state index in [1.165, 1.54) is 43.7 Å². The van der Waals surface area contributed by atoms with E-state index in [-0.39, 0.29) is 23.6 Å². The standard InChI is InChI=1S/C26H36F2N6O/c1-16(30-18-8-5-4-6-9-18)31-24-22(15-29)32-25(33-23-20(27)10-7-11-21(23)28)34(24)19-13-12-17(14-19)26(2,3)35/h7,10-11,15,17-19,30,35H,1,4-6,8-9,12-14,29H2,2-3H3,(H,32,33)/b22-15+,31-24+/t17-,19?/m1/s1. The number of anilines is 1. The van der Waals surface area contributed by atoms with Gasteiger partial charge in [0.2, 0.25) is 5.96 Å². The van der Waals surface area contributed by atoms with E-state index >= 15 is 0 Å². The molecule has 0 amide bonds. The highest BCUT2D eigenvalue weighted by Crippen LogP contribution is 2.39. The Hall–Kier alpha value is -2.94. The molecule has 0 saturated heterocycles. The molecule has 1 aromatic carbocycles. The number of aliphatic hydroxyl groups is 1. The van der Waals surface area contributed by atoms with Gasteiger partial charge in [-0.1, -0.05) is 31.9 Å². The van der Waals surface area contributed by atoms with Crippen molar-refractivity contribution in [3.05, 3.63) is 54.1 Å².